The largest absolute Gasteiger partial charge is 0.573 e. The summed E-state index contributed by atoms with van der Waals surface area (Å²) < 4.78 is 46.4. The lowest BCUT2D eigenvalue weighted by molar-refractivity contribution is -0.274. The molecule has 1 aliphatic heterocycles. The highest BCUT2D eigenvalue weighted by Crippen LogP contribution is 2.29. The minimum absolute atomic E-state index is 0.159. The van der Waals surface area contributed by atoms with Crippen LogP contribution in [0.15, 0.2) is 36.4 Å². The lowest BCUT2D eigenvalue weighted by Crippen LogP contribution is -2.33. The highest BCUT2D eigenvalue weighted by molar-refractivity contribution is 5.65. The van der Waals surface area contributed by atoms with Crippen LogP contribution in [-0.4, -0.2) is 38.1 Å². The molecule has 1 atom stereocenters. The summed E-state index contributed by atoms with van der Waals surface area (Å²) in [6, 6.07) is 9.38. The predicted molar refractivity (Wildman–Crippen MR) is 87.5 cm³/mol. The van der Waals surface area contributed by atoms with Gasteiger partial charge >= 0.3 is 6.36 Å². The summed E-state index contributed by atoms with van der Waals surface area (Å²) in [4.78, 5) is 4.61. The van der Waals surface area contributed by atoms with Gasteiger partial charge in [0.2, 0.25) is 0 Å². The average molecular weight is 353 g/mol. The normalized spacial score (nSPS) is 18.0. The zero-order valence-corrected chi connectivity index (χ0v) is 13.6. The Hall–Kier alpha value is -2.32. The molecule has 0 bridgehead atoms. The highest BCUT2D eigenvalue weighted by Gasteiger charge is 2.31. The fraction of sp³-hybridized carbons (Fsp3) is 0.353. The van der Waals surface area contributed by atoms with Crippen molar-refractivity contribution in [3.63, 3.8) is 0 Å². The number of halogens is 3. The van der Waals surface area contributed by atoms with E-state index in [2.05, 4.69) is 20.4 Å². The van der Waals surface area contributed by atoms with Crippen LogP contribution in [-0.2, 0) is 4.74 Å². The van der Waals surface area contributed by atoms with Crippen molar-refractivity contribution >= 4 is 5.69 Å². The van der Waals surface area contributed by atoms with Crippen molar-refractivity contribution < 1.29 is 22.6 Å². The van der Waals surface area contributed by atoms with Crippen LogP contribution in [0.4, 0.5) is 18.9 Å². The highest BCUT2D eigenvalue weighted by atomic mass is 19.4. The molecule has 25 heavy (non-hydrogen) atoms. The lowest BCUT2D eigenvalue weighted by Gasteiger charge is -2.24. The number of morpholine rings is 1. The number of nitrogens with zero attached hydrogens (tertiary/aromatic N) is 1. The van der Waals surface area contributed by atoms with Gasteiger partial charge in [0.05, 0.1) is 18.0 Å². The van der Waals surface area contributed by atoms with E-state index in [9.17, 15) is 13.2 Å². The first-order valence-electron chi connectivity index (χ1n) is 7.83. The molecule has 134 valence electrons. The number of ether oxygens (including phenoxy) is 2. The van der Waals surface area contributed by atoms with Crippen molar-refractivity contribution in [3.8, 4) is 17.0 Å². The summed E-state index contributed by atoms with van der Waals surface area (Å²) in [6.07, 6.45) is -4.86. The first kappa shape index (κ1) is 17.5. The Morgan fingerprint density at radius 2 is 2.00 bits per heavy atom. The number of hydrogen-bond donors (Lipinski definition) is 2. The monoisotopic (exact) mass is 353 g/mol. The second-order valence-corrected chi connectivity index (χ2v) is 5.55. The molecule has 2 heterocycles. The van der Waals surface area contributed by atoms with Crippen molar-refractivity contribution in [1.82, 2.24) is 10.3 Å². The van der Waals surface area contributed by atoms with Gasteiger partial charge in [0.25, 0.3) is 0 Å². The SMILES string of the molecule is CNc1cc(-c2ccc(OC(F)(F)F)cc2)nc(C2CNCCO2)c1. The second kappa shape index (κ2) is 7.28. The summed E-state index contributed by atoms with van der Waals surface area (Å²) in [5, 5.41) is 6.32. The topological polar surface area (TPSA) is 55.4 Å². The van der Waals surface area contributed by atoms with Gasteiger partial charge in [-0.05, 0) is 36.4 Å². The molecule has 0 amide bonds. The molecule has 2 N–H and O–H groups in total. The number of pyridine rings is 1. The van der Waals surface area contributed by atoms with Crippen LogP contribution in [0.5, 0.6) is 5.75 Å². The first-order valence-corrected chi connectivity index (χ1v) is 7.83. The van der Waals surface area contributed by atoms with Gasteiger partial charge in [-0.3, -0.25) is 0 Å². The van der Waals surface area contributed by atoms with E-state index in [0.29, 0.717) is 24.4 Å². The second-order valence-electron chi connectivity index (χ2n) is 5.55. The van der Waals surface area contributed by atoms with E-state index in [1.165, 1.54) is 12.1 Å². The first-order chi connectivity index (χ1) is 11.9. The number of benzene rings is 1. The van der Waals surface area contributed by atoms with Crippen LogP contribution in [0.25, 0.3) is 11.3 Å². The van der Waals surface area contributed by atoms with Gasteiger partial charge in [-0.2, -0.15) is 0 Å². The van der Waals surface area contributed by atoms with Gasteiger partial charge in [-0.1, -0.05) is 0 Å². The molecular formula is C17H18F3N3O2. The van der Waals surface area contributed by atoms with Gasteiger partial charge in [0, 0.05) is 31.4 Å². The Morgan fingerprint density at radius 3 is 2.60 bits per heavy atom. The van der Waals surface area contributed by atoms with Crippen LogP contribution in [0.1, 0.15) is 11.8 Å². The zero-order chi connectivity index (χ0) is 17.9. The fourth-order valence-electron chi connectivity index (χ4n) is 2.59. The third-order valence-electron chi connectivity index (χ3n) is 3.77. The lowest BCUT2D eigenvalue weighted by atomic mass is 10.1. The van der Waals surface area contributed by atoms with E-state index in [1.54, 1.807) is 19.2 Å². The zero-order valence-electron chi connectivity index (χ0n) is 13.6. The van der Waals surface area contributed by atoms with Crippen LogP contribution in [0.3, 0.4) is 0 Å². The summed E-state index contributed by atoms with van der Waals surface area (Å²) >= 11 is 0. The Kier molecular flexibility index (Phi) is 5.10. The third-order valence-corrected chi connectivity index (χ3v) is 3.77. The number of anilines is 1. The van der Waals surface area contributed by atoms with Crippen LogP contribution in [0.2, 0.25) is 0 Å². The van der Waals surface area contributed by atoms with Gasteiger partial charge in [0.15, 0.2) is 0 Å². The number of hydrogen-bond acceptors (Lipinski definition) is 5. The maximum atomic E-state index is 12.3. The average Bonchev–Trinajstić information content (AvgIpc) is 2.61. The summed E-state index contributed by atoms with van der Waals surface area (Å²) in [7, 11) is 1.79. The Balaban J connectivity index is 1.88. The molecule has 0 radical (unpaired) electrons. The minimum Gasteiger partial charge on any atom is -0.406 e. The van der Waals surface area contributed by atoms with Crippen molar-refractivity contribution in [3.05, 3.63) is 42.1 Å². The van der Waals surface area contributed by atoms with Crippen LogP contribution < -0.4 is 15.4 Å². The number of nitrogens with one attached hydrogen (secondary N) is 2. The molecule has 0 saturated carbocycles. The molecule has 5 nitrogen and oxygen atoms in total. The summed E-state index contributed by atoms with van der Waals surface area (Å²) in [6.45, 7) is 2.07. The van der Waals surface area contributed by atoms with Crippen molar-refractivity contribution in [1.29, 1.82) is 0 Å². The van der Waals surface area contributed by atoms with E-state index in [1.807, 2.05) is 12.1 Å². The predicted octanol–water partition coefficient (Wildman–Crippen LogP) is 3.35. The molecule has 3 rings (SSSR count). The van der Waals surface area contributed by atoms with Crippen molar-refractivity contribution in [2.45, 2.75) is 12.5 Å². The van der Waals surface area contributed by atoms with E-state index >= 15 is 0 Å². The maximum Gasteiger partial charge on any atom is 0.573 e. The van der Waals surface area contributed by atoms with E-state index in [4.69, 9.17) is 4.74 Å². The maximum absolute atomic E-state index is 12.3. The van der Waals surface area contributed by atoms with Gasteiger partial charge in [-0.25, -0.2) is 4.98 Å². The number of rotatable bonds is 4. The van der Waals surface area contributed by atoms with Crippen molar-refractivity contribution in [2.24, 2.45) is 0 Å². The summed E-state index contributed by atoms with van der Waals surface area (Å²) in [5.41, 5.74) is 2.96. The molecule has 1 saturated heterocycles. The number of aromatic nitrogens is 1. The molecule has 1 unspecified atom stereocenters. The molecule has 1 aromatic carbocycles. The Labute approximate surface area is 143 Å². The third kappa shape index (κ3) is 4.61. The molecule has 8 heteroatoms. The van der Waals surface area contributed by atoms with Gasteiger partial charge in [-0.15, -0.1) is 13.2 Å². The minimum atomic E-state index is -4.70. The molecule has 1 aliphatic rings. The van der Waals surface area contributed by atoms with E-state index in [-0.39, 0.29) is 11.9 Å². The Bertz CT molecular complexity index is 714. The molecule has 0 aliphatic carbocycles. The smallest absolute Gasteiger partial charge is 0.406 e. The van der Waals surface area contributed by atoms with Crippen molar-refractivity contribution in [2.75, 3.05) is 32.1 Å². The molecule has 1 aromatic heterocycles. The van der Waals surface area contributed by atoms with Gasteiger partial charge in [0.1, 0.15) is 11.9 Å². The molecule has 2 aromatic rings. The quantitative estimate of drug-likeness (QED) is 0.883. The molecule has 1 fully saturated rings. The van der Waals surface area contributed by atoms with Gasteiger partial charge < -0.3 is 20.1 Å². The standard InChI is InChI=1S/C17H18F3N3O2/c1-21-12-8-14(23-15(9-12)16-10-22-6-7-24-16)11-2-4-13(5-3-11)25-17(18,19)20/h2-5,8-9,16,22H,6-7,10H2,1H3,(H,21,23). The summed E-state index contributed by atoms with van der Waals surface area (Å²) in [5.74, 6) is -0.263. The molecule has 0 spiro atoms. The molecular weight excluding hydrogens is 335 g/mol. The van der Waals surface area contributed by atoms with E-state index < -0.39 is 6.36 Å². The Morgan fingerprint density at radius 1 is 1.24 bits per heavy atom. The van der Waals surface area contributed by atoms with E-state index in [0.717, 1.165) is 17.9 Å². The number of alkyl halides is 3. The fourth-order valence-corrected chi connectivity index (χ4v) is 2.59. The van der Waals surface area contributed by atoms with Crippen LogP contribution in [0, 0.1) is 0 Å². The van der Waals surface area contributed by atoms with Crippen LogP contribution >= 0.6 is 0 Å².